The number of methoxy groups -OCH3 is 1. The van der Waals surface area contributed by atoms with Crippen molar-refractivity contribution in [1.82, 2.24) is 20.0 Å². The first-order valence-electron chi connectivity index (χ1n) is 13.0. The summed E-state index contributed by atoms with van der Waals surface area (Å²) in [5.74, 6) is 1.45. The van der Waals surface area contributed by atoms with Gasteiger partial charge in [0.05, 0.1) is 33.0 Å². The summed E-state index contributed by atoms with van der Waals surface area (Å²) in [4.78, 5) is 19.8. The number of benzene rings is 2. The molecule has 1 atom stereocenters. The molecule has 0 saturated carbocycles. The molecule has 2 fully saturated rings. The summed E-state index contributed by atoms with van der Waals surface area (Å²) in [7, 11) is 1.66. The second kappa shape index (κ2) is 12.9. The van der Waals surface area contributed by atoms with Crippen molar-refractivity contribution in [3.63, 3.8) is 0 Å². The Bertz CT molecular complexity index is 987. The minimum absolute atomic E-state index is 0.00158. The van der Waals surface area contributed by atoms with E-state index in [1.165, 1.54) is 11.1 Å². The van der Waals surface area contributed by atoms with Gasteiger partial charge in [0, 0.05) is 52.4 Å². The van der Waals surface area contributed by atoms with Crippen molar-refractivity contribution in [1.29, 1.82) is 0 Å². The molecule has 0 spiro atoms. The third-order valence-electron chi connectivity index (χ3n) is 7.12. The minimum atomic E-state index is 0.00158. The summed E-state index contributed by atoms with van der Waals surface area (Å²) < 4.78 is 16.9. The van der Waals surface area contributed by atoms with Crippen LogP contribution in [0.3, 0.4) is 0 Å². The van der Waals surface area contributed by atoms with E-state index in [0.29, 0.717) is 32.1 Å². The van der Waals surface area contributed by atoms with Crippen LogP contribution in [0.5, 0.6) is 11.5 Å². The highest BCUT2D eigenvalue weighted by molar-refractivity contribution is 5.74. The summed E-state index contributed by atoms with van der Waals surface area (Å²) in [6, 6.07) is 14.6. The predicted molar refractivity (Wildman–Crippen MR) is 141 cm³/mol. The van der Waals surface area contributed by atoms with E-state index in [1.54, 1.807) is 7.11 Å². The molecule has 0 aromatic heterocycles. The van der Waals surface area contributed by atoms with Gasteiger partial charge < -0.3 is 24.4 Å². The fourth-order valence-electron chi connectivity index (χ4n) is 4.95. The van der Waals surface area contributed by atoms with E-state index in [-0.39, 0.29) is 12.1 Å². The highest BCUT2D eigenvalue weighted by Gasteiger charge is 2.26. The zero-order chi connectivity index (χ0) is 25.3. The lowest BCUT2D eigenvalue weighted by Crippen LogP contribution is -2.53. The third-order valence-corrected chi connectivity index (χ3v) is 7.12. The second-order valence-electron chi connectivity index (χ2n) is 9.38. The molecule has 1 unspecified atom stereocenters. The maximum Gasteiger partial charge on any atom is 0.317 e. The number of piperazine rings is 1. The Balaban J connectivity index is 1.36. The van der Waals surface area contributed by atoms with Crippen LogP contribution in [0.4, 0.5) is 4.79 Å². The SMILES string of the molecule is CCOc1ccc(C(CNC(=O)N2CCN(Cc3ccccc3C)CC2)N2CCOCC2)cc1OC. The van der Waals surface area contributed by atoms with Crippen LogP contribution in [0.15, 0.2) is 42.5 Å². The lowest BCUT2D eigenvalue weighted by Gasteiger charge is -2.37. The maximum absolute atomic E-state index is 13.1. The Labute approximate surface area is 215 Å². The molecule has 36 heavy (non-hydrogen) atoms. The van der Waals surface area contributed by atoms with E-state index in [4.69, 9.17) is 14.2 Å². The molecule has 0 radical (unpaired) electrons. The number of hydrogen-bond acceptors (Lipinski definition) is 6. The van der Waals surface area contributed by atoms with Gasteiger partial charge in [-0.3, -0.25) is 9.80 Å². The van der Waals surface area contributed by atoms with Gasteiger partial charge in [0.25, 0.3) is 0 Å². The molecule has 0 bridgehead atoms. The van der Waals surface area contributed by atoms with Crippen LogP contribution >= 0.6 is 0 Å². The van der Waals surface area contributed by atoms with Crippen molar-refractivity contribution >= 4 is 6.03 Å². The molecular formula is C28H40N4O4. The van der Waals surface area contributed by atoms with Gasteiger partial charge in [0.1, 0.15) is 0 Å². The molecule has 2 amide bonds. The van der Waals surface area contributed by atoms with E-state index in [0.717, 1.165) is 57.1 Å². The summed E-state index contributed by atoms with van der Waals surface area (Å²) in [5, 5.41) is 3.21. The molecule has 8 heteroatoms. The number of ether oxygens (including phenoxy) is 3. The number of hydrogen-bond donors (Lipinski definition) is 1. The van der Waals surface area contributed by atoms with Crippen LogP contribution < -0.4 is 14.8 Å². The zero-order valence-corrected chi connectivity index (χ0v) is 21.9. The van der Waals surface area contributed by atoms with Crippen molar-refractivity contribution in [2.75, 3.05) is 72.7 Å². The van der Waals surface area contributed by atoms with Gasteiger partial charge in [-0.05, 0) is 42.7 Å². The minimum Gasteiger partial charge on any atom is -0.493 e. The molecule has 4 rings (SSSR count). The average Bonchev–Trinajstić information content (AvgIpc) is 2.92. The quantitative estimate of drug-likeness (QED) is 0.575. The Morgan fingerprint density at radius 3 is 2.47 bits per heavy atom. The molecular weight excluding hydrogens is 456 g/mol. The number of nitrogens with zero attached hydrogens (tertiary/aromatic N) is 3. The molecule has 2 saturated heterocycles. The number of carbonyl (C=O) groups is 1. The molecule has 0 aliphatic carbocycles. The molecule has 196 valence electrons. The number of carbonyl (C=O) groups excluding carboxylic acids is 1. The highest BCUT2D eigenvalue weighted by atomic mass is 16.5. The van der Waals surface area contributed by atoms with Crippen molar-refractivity contribution in [2.45, 2.75) is 26.4 Å². The van der Waals surface area contributed by atoms with Crippen molar-refractivity contribution in [3.05, 3.63) is 59.2 Å². The first kappa shape index (κ1) is 26.3. The first-order valence-corrected chi connectivity index (χ1v) is 13.0. The second-order valence-corrected chi connectivity index (χ2v) is 9.38. The molecule has 2 aliphatic heterocycles. The van der Waals surface area contributed by atoms with Crippen LogP contribution in [-0.4, -0.2) is 93.5 Å². The van der Waals surface area contributed by atoms with Gasteiger partial charge in [-0.1, -0.05) is 30.3 Å². The molecule has 2 heterocycles. The number of aryl methyl sites for hydroxylation is 1. The van der Waals surface area contributed by atoms with E-state index < -0.39 is 0 Å². The number of urea groups is 1. The maximum atomic E-state index is 13.1. The lowest BCUT2D eigenvalue weighted by molar-refractivity contribution is 0.0163. The first-order chi connectivity index (χ1) is 17.6. The molecule has 8 nitrogen and oxygen atoms in total. The summed E-state index contributed by atoms with van der Waals surface area (Å²) in [5.41, 5.74) is 3.77. The Morgan fingerprint density at radius 1 is 1.03 bits per heavy atom. The Morgan fingerprint density at radius 2 is 1.78 bits per heavy atom. The average molecular weight is 497 g/mol. The van der Waals surface area contributed by atoms with Crippen LogP contribution in [-0.2, 0) is 11.3 Å². The van der Waals surface area contributed by atoms with Gasteiger partial charge in [0.15, 0.2) is 11.5 Å². The summed E-state index contributed by atoms with van der Waals surface area (Å²) in [6.07, 6.45) is 0. The van der Waals surface area contributed by atoms with E-state index in [1.807, 2.05) is 24.0 Å². The number of amides is 2. The Kier molecular flexibility index (Phi) is 9.44. The third kappa shape index (κ3) is 6.69. The van der Waals surface area contributed by atoms with Crippen LogP contribution in [0.1, 0.15) is 29.7 Å². The number of morpholine rings is 1. The molecule has 1 N–H and O–H groups in total. The highest BCUT2D eigenvalue weighted by Crippen LogP contribution is 2.32. The van der Waals surface area contributed by atoms with Crippen LogP contribution in [0.25, 0.3) is 0 Å². The van der Waals surface area contributed by atoms with Crippen LogP contribution in [0, 0.1) is 6.92 Å². The fourth-order valence-corrected chi connectivity index (χ4v) is 4.95. The van der Waals surface area contributed by atoms with Gasteiger partial charge in [0.2, 0.25) is 0 Å². The topological polar surface area (TPSA) is 66.5 Å². The molecule has 2 aliphatic rings. The normalized spacial score (nSPS) is 18.0. The van der Waals surface area contributed by atoms with Crippen molar-refractivity contribution in [3.8, 4) is 11.5 Å². The van der Waals surface area contributed by atoms with E-state index >= 15 is 0 Å². The number of rotatable bonds is 9. The van der Waals surface area contributed by atoms with Crippen LogP contribution in [0.2, 0.25) is 0 Å². The van der Waals surface area contributed by atoms with Crippen molar-refractivity contribution < 1.29 is 19.0 Å². The predicted octanol–water partition coefficient (Wildman–Crippen LogP) is 3.30. The zero-order valence-electron chi connectivity index (χ0n) is 21.9. The fraction of sp³-hybridized carbons (Fsp3) is 0.536. The Hall–Kier alpha value is -2.81. The van der Waals surface area contributed by atoms with Gasteiger partial charge in [-0.25, -0.2) is 4.79 Å². The van der Waals surface area contributed by atoms with Gasteiger partial charge in [-0.15, -0.1) is 0 Å². The van der Waals surface area contributed by atoms with Gasteiger partial charge >= 0.3 is 6.03 Å². The van der Waals surface area contributed by atoms with Crippen molar-refractivity contribution in [2.24, 2.45) is 0 Å². The summed E-state index contributed by atoms with van der Waals surface area (Å²) >= 11 is 0. The smallest absolute Gasteiger partial charge is 0.317 e. The number of nitrogens with one attached hydrogen (secondary N) is 1. The van der Waals surface area contributed by atoms with E-state index in [9.17, 15) is 4.79 Å². The monoisotopic (exact) mass is 496 g/mol. The van der Waals surface area contributed by atoms with Gasteiger partial charge in [-0.2, -0.15) is 0 Å². The standard InChI is InChI=1S/C28H40N4O4/c1-4-36-26-10-9-23(19-27(26)34-3)25(31-15-17-35-18-16-31)20-29-28(33)32-13-11-30(12-14-32)21-24-8-6-5-7-22(24)2/h5-10,19,25H,4,11-18,20-21H2,1-3H3,(H,29,33). The molecule has 2 aromatic carbocycles. The summed E-state index contributed by atoms with van der Waals surface area (Å²) in [6.45, 7) is 12.4. The molecule has 2 aromatic rings. The largest absolute Gasteiger partial charge is 0.493 e. The van der Waals surface area contributed by atoms with E-state index in [2.05, 4.69) is 52.4 Å². The lowest BCUT2D eigenvalue weighted by atomic mass is 10.0.